The maximum absolute atomic E-state index is 10.7. The van der Waals surface area contributed by atoms with E-state index in [0.29, 0.717) is 15.6 Å². The van der Waals surface area contributed by atoms with Gasteiger partial charge in [-0.1, -0.05) is 29.3 Å². The zero-order valence-corrected chi connectivity index (χ0v) is 10.2. The molecule has 0 heterocycles. The van der Waals surface area contributed by atoms with Crippen LogP contribution in [0.15, 0.2) is 18.2 Å². The van der Waals surface area contributed by atoms with Crippen LogP contribution in [0.25, 0.3) is 0 Å². The van der Waals surface area contributed by atoms with Crippen molar-refractivity contribution < 1.29 is 9.53 Å². The Morgan fingerprint density at radius 2 is 1.93 bits per heavy atom. The van der Waals surface area contributed by atoms with Crippen LogP contribution in [-0.4, -0.2) is 11.3 Å². The molecule has 0 aliphatic carbocycles. The number of benzene rings is 1. The van der Waals surface area contributed by atoms with Gasteiger partial charge < -0.3 is 4.74 Å². The molecule has 1 aromatic rings. The molecule has 0 amide bonds. The van der Waals surface area contributed by atoms with Crippen LogP contribution in [0.5, 0.6) is 0 Å². The first-order chi connectivity index (χ1) is 7.02. The number of carbonyl (C=O) groups is 1. The van der Waals surface area contributed by atoms with Gasteiger partial charge in [-0.15, -0.1) is 0 Å². The summed E-state index contributed by atoms with van der Waals surface area (Å²) in [4.78, 5) is 10.7. The van der Waals surface area contributed by atoms with E-state index in [9.17, 15) is 4.79 Å². The van der Waals surface area contributed by atoms with Crippen LogP contribution in [0.2, 0.25) is 10.0 Å². The van der Waals surface area contributed by atoms with Gasteiger partial charge in [0.1, 0.15) is 6.10 Å². The van der Waals surface area contributed by atoms with Crippen molar-refractivity contribution in [1.29, 1.82) is 0 Å². The topological polar surface area (TPSA) is 26.3 Å². The van der Waals surface area contributed by atoms with Crippen LogP contribution >= 0.6 is 34.8 Å². The van der Waals surface area contributed by atoms with Crippen LogP contribution in [0.1, 0.15) is 12.5 Å². The molecule has 1 aromatic carbocycles. The summed E-state index contributed by atoms with van der Waals surface area (Å²) >= 11 is 17.1. The van der Waals surface area contributed by atoms with Crippen LogP contribution in [0, 0.1) is 0 Å². The third-order valence-electron chi connectivity index (χ3n) is 1.86. The van der Waals surface area contributed by atoms with Crippen LogP contribution in [-0.2, 0) is 16.1 Å². The van der Waals surface area contributed by atoms with Gasteiger partial charge in [0.15, 0.2) is 0 Å². The van der Waals surface area contributed by atoms with Gasteiger partial charge in [0, 0.05) is 15.6 Å². The standard InChI is InChI=1S/C10H9Cl3O2/c1-6(10(13)14)15-5-7-8(11)3-2-4-9(7)12/h2-4,6H,5H2,1H3/t6-/m0/s1. The molecule has 0 bridgehead atoms. The van der Waals surface area contributed by atoms with Crippen molar-refractivity contribution in [3.05, 3.63) is 33.8 Å². The fourth-order valence-corrected chi connectivity index (χ4v) is 1.51. The third kappa shape index (κ3) is 3.65. The van der Waals surface area contributed by atoms with E-state index in [-0.39, 0.29) is 6.61 Å². The molecule has 0 radical (unpaired) electrons. The van der Waals surface area contributed by atoms with Crippen molar-refractivity contribution >= 4 is 40.0 Å². The molecule has 1 rings (SSSR count). The molecule has 0 N–H and O–H groups in total. The molecule has 0 aliphatic heterocycles. The van der Waals surface area contributed by atoms with E-state index in [2.05, 4.69) is 0 Å². The van der Waals surface area contributed by atoms with Gasteiger partial charge in [-0.25, -0.2) is 0 Å². The molecular weight excluding hydrogens is 258 g/mol. The van der Waals surface area contributed by atoms with E-state index >= 15 is 0 Å². The lowest BCUT2D eigenvalue weighted by atomic mass is 10.2. The van der Waals surface area contributed by atoms with Gasteiger partial charge in [-0.2, -0.15) is 0 Å². The Bertz CT molecular complexity index is 345. The largest absolute Gasteiger partial charge is 0.365 e. The highest BCUT2D eigenvalue weighted by molar-refractivity contribution is 6.64. The van der Waals surface area contributed by atoms with E-state index in [1.54, 1.807) is 25.1 Å². The maximum Gasteiger partial charge on any atom is 0.250 e. The Morgan fingerprint density at radius 1 is 1.40 bits per heavy atom. The summed E-state index contributed by atoms with van der Waals surface area (Å²) in [5.74, 6) is 0. The minimum absolute atomic E-state index is 0.165. The molecule has 2 nitrogen and oxygen atoms in total. The SMILES string of the molecule is C[C@H](OCc1c(Cl)cccc1Cl)C(=O)Cl. The summed E-state index contributed by atoms with van der Waals surface area (Å²) in [7, 11) is 0. The van der Waals surface area contributed by atoms with Crippen molar-refractivity contribution in [3.8, 4) is 0 Å². The Balaban J connectivity index is 2.69. The summed E-state index contributed by atoms with van der Waals surface area (Å²) in [6.45, 7) is 1.73. The zero-order valence-electron chi connectivity index (χ0n) is 7.97. The van der Waals surface area contributed by atoms with Crippen molar-refractivity contribution in [3.63, 3.8) is 0 Å². The van der Waals surface area contributed by atoms with Gasteiger partial charge in [-0.3, -0.25) is 4.79 Å². The molecule has 0 fully saturated rings. The minimum Gasteiger partial charge on any atom is -0.365 e. The quantitative estimate of drug-likeness (QED) is 0.778. The molecule has 0 aliphatic rings. The number of hydrogen-bond acceptors (Lipinski definition) is 2. The van der Waals surface area contributed by atoms with Crippen LogP contribution in [0.3, 0.4) is 0 Å². The predicted octanol–water partition coefficient (Wildman–Crippen LogP) is 3.66. The summed E-state index contributed by atoms with van der Waals surface area (Å²) in [6.07, 6.45) is -0.668. The fourth-order valence-electron chi connectivity index (χ4n) is 0.944. The molecule has 5 heteroatoms. The predicted molar refractivity (Wildman–Crippen MR) is 61.6 cm³/mol. The molecule has 15 heavy (non-hydrogen) atoms. The fraction of sp³-hybridized carbons (Fsp3) is 0.300. The molecule has 0 saturated carbocycles. The highest BCUT2D eigenvalue weighted by Gasteiger charge is 2.12. The van der Waals surface area contributed by atoms with E-state index in [4.69, 9.17) is 39.5 Å². The van der Waals surface area contributed by atoms with E-state index in [0.717, 1.165) is 0 Å². The number of hydrogen-bond donors (Lipinski definition) is 0. The molecule has 1 atom stereocenters. The second-order valence-corrected chi connectivity index (χ2v) is 4.14. The molecule has 0 spiro atoms. The second-order valence-electron chi connectivity index (χ2n) is 2.96. The van der Waals surface area contributed by atoms with Crippen molar-refractivity contribution in [2.24, 2.45) is 0 Å². The number of halogens is 3. The maximum atomic E-state index is 10.7. The average Bonchev–Trinajstić information content (AvgIpc) is 2.16. The molecular formula is C10H9Cl3O2. The number of ether oxygens (including phenoxy) is 1. The zero-order chi connectivity index (χ0) is 11.4. The Hall–Kier alpha value is -0.280. The van der Waals surface area contributed by atoms with E-state index < -0.39 is 11.3 Å². The van der Waals surface area contributed by atoms with E-state index in [1.807, 2.05) is 0 Å². The highest BCUT2D eigenvalue weighted by atomic mass is 35.5. The molecule has 0 saturated heterocycles. The number of rotatable bonds is 4. The minimum atomic E-state index is -0.668. The summed E-state index contributed by atoms with van der Waals surface area (Å²) in [6, 6.07) is 5.16. The highest BCUT2D eigenvalue weighted by Crippen LogP contribution is 2.25. The first-order valence-corrected chi connectivity index (χ1v) is 5.39. The molecule has 0 unspecified atom stereocenters. The number of carbonyl (C=O) groups excluding carboxylic acids is 1. The summed E-state index contributed by atoms with van der Waals surface area (Å²) < 4.78 is 5.20. The normalized spacial score (nSPS) is 12.5. The van der Waals surface area contributed by atoms with Gasteiger partial charge in [0.2, 0.25) is 5.24 Å². The van der Waals surface area contributed by atoms with Crippen LogP contribution < -0.4 is 0 Å². The average molecular weight is 268 g/mol. The van der Waals surface area contributed by atoms with Gasteiger partial charge >= 0.3 is 0 Å². The first-order valence-electron chi connectivity index (χ1n) is 4.26. The summed E-state index contributed by atoms with van der Waals surface area (Å²) in [5, 5.41) is 0.478. The first kappa shape index (κ1) is 12.8. The van der Waals surface area contributed by atoms with Gasteiger partial charge in [0.05, 0.1) is 6.61 Å². The lowest BCUT2D eigenvalue weighted by Gasteiger charge is -2.10. The second kappa shape index (κ2) is 5.71. The van der Waals surface area contributed by atoms with Crippen molar-refractivity contribution in [2.45, 2.75) is 19.6 Å². The third-order valence-corrected chi connectivity index (χ3v) is 2.87. The Labute approximate surface area is 103 Å². The van der Waals surface area contributed by atoms with E-state index in [1.165, 1.54) is 0 Å². The molecule has 0 aromatic heterocycles. The molecule has 82 valence electrons. The van der Waals surface area contributed by atoms with Crippen molar-refractivity contribution in [2.75, 3.05) is 0 Å². The van der Waals surface area contributed by atoms with Gasteiger partial charge in [-0.05, 0) is 30.7 Å². The Morgan fingerprint density at radius 3 is 2.40 bits per heavy atom. The summed E-state index contributed by atoms with van der Waals surface area (Å²) in [5.41, 5.74) is 0.658. The lowest BCUT2D eigenvalue weighted by Crippen LogP contribution is -2.15. The van der Waals surface area contributed by atoms with Crippen LogP contribution in [0.4, 0.5) is 0 Å². The lowest BCUT2D eigenvalue weighted by molar-refractivity contribution is -0.122. The smallest absolute Gasteiger partial charge is 0.250 e. The monoisotopic (exact) mass is 266 g/mol. The van der Waals surface area contributed by atoms with Crippen molar-refractivity contribution in [1.82, 2.24) is 0 Å². The Kier molecular flexibility index (Phi) is 4.87. The van der Waals surface area contributed by atoms with Gasteiger partial charge in [0.25, 0.3) is 0 Å².